The number of nitrogens with one attached hydrogen (secondary N) is 1. The van der Waals surface area contributed by atoms with E-state index in [9.17, 15) is 13.6 Å². The van der Waals surface area contributed by atoms with Gasteiger partial charge in [-0.15, -0.1) is 0 Å². The number of halogens is 3. The molecule has 3 rings (SSSR count). The minimum atomic E-state index is -2.67. The first-order valence-electron chi connectivity index (χ1n) is 7.16. The number of nitrogens with zero attached hydrogens (tertiary/aromatic N) is 3. The summed E-state index contributed by atoms with van der Waals surface area (Å²) in [6.45, 7) is 3.87. The van der Waals surface area contributed by atoms with Crippen LogP contribution < -0.4 is 10.2 Å². The smallest absolute Gasteiger partial charge is 0.250 e. The van der Waals surface area contributed by atoms with Crippen LogP contribution in [0.25, 0.3) is 0 Å². The highest BCUT2D eigenvalue weighted by Crippen LogP contribution is 2.42. The molecule has 1 aromatic heterocycles. The summed E-state index contributed by atoms with van der Waals surface area (Å²) in [5, 5.41) is 2.79. The van der Waals surface area contributed by atoms with Crippen molar-refractivity contribution in [1.82, 2.24) is 9.97 Å². The molecule has 0 saturated heterocycles. The first-order chi connectivity index (χ1) is 10.2. The van der Waals surface area contributed by atoms with Gasteiger partial charge in [0.25, 0.3) is 0 Å². The molecule has 1 N–H and O–H groups in total. The molecule has 120 valence electrons. The highest BCUT2D eigenvalue weighted by Gasteiger charge is 2.45. The molecule has 2 heterocycles. The monoisotopic (exact) mass is 330 g/mol. The van der Waals surface area contributed by atoms with Crippen LogP contribution in [0.2, 0.25) is 5.28 Å². The van der Waals surface area contributed by atoms with Crippen molar-refractivity contribution in [3.8, 4) is 0 Å². The summed E-state index contributed by atoms with van der Waals surface area (Å²) in [5.74, 6) is -2.44. The summed E-state index contributed by atoms with van der Waals surface area (Å²) in [5.41, 5.74) is -0.319. The van der Waals surface area contributed by atoms with E-state index < -0.39 is 11.3 Å². The Morgan fingerprint density at radius 3 is 2.82 bits per heavy atom. The standard InChI is InChI=1S/C14H17ClF2N4O/c1-13(2)7-21(8-3-4-14(16,17)5-8)10-9(19-11(13)22)6-18-12(15)20-10/h6,8H,3-5,7H2,1-2H3,(H,19,22). The Kier molecular flexibility index (Phi) is 3.51. The van der Waals surface area contributed by atoms with E-state index in [1.54, 1.807) is 18.7 Å². The van der Waals surface area contributed by atoms with E-state index in [2.05, 4.69) is 15.3 Å². The van der Waals surface area contributed by atoms with E-state index in [1.165, 1.54) is 6.20 Å². The lowest BCUT2D eigenvalue weighted by molar-refractivity contribution is -0.123. The lowest BCUT2D eigenvalue weighted by Crippen LogP contribution is -2.44. The molecule has 0 aromatic carbocycles. The molecule has 2 aliphatic rings. The van der Waals surface area contributed by atoms with Crippen molar-refractivity contribution in [2.75, 3.05) is 16.8 Å². The van der Waals surface area contributed by atoms with Crippen LogP contribution in [0.4, 0.5) is 20.3 Å². The Hall–Kier alpha value is -1.50. The third kappa shape index (κ3) is 2.74. The van der Waals surface area contributed by atoms with Gasteiger partial charge in [-0.2, -0.15) is 4.98 Å². The van der Waals surface area contributed by atoms with Crippen molar-refractivity contribution in [1.29, 1.82) is 0 Å². The van der Waals surface area contributed by atoms with Crippen LogP contribution in [-0.4, -0.2) is 34.4 Å². The van der Waals surface area contributed by atoms with Gasteiger partial charge < -0.3 is 10.2 Å². The number of carbonyl (C=O) groups excluding carboxylic acids is 1. The van der Waals surface area contributed by atoms with Gasteiger partial charge in [-0.05, 0) is 31.9 Å². The minimum Gasteiger partial charge on any atom is -0.350 e. The summed E-state index contributed by atoms with van der Waals surface area (Å²) in [6.07, 6.45) is 1.39. The summed E-state index contributed by atoms with van der Waals surface area (Å²) < 4.78 is 27.2. The Bertz CT molecular complexity index is 623. The third-order valence-electron chi connectivity index (χ3n) is 4.26. The van der Waals surface area contributed by atoms with Crippen molar-refractivity contribution in [3.63, 3.8) is 0 Å². The topological polar surface area (TPSA) is 58.1 Å². The average molecular weight is 331 g/mol. The second kappa shape index (κ2) is 5.01. The van der Waals surface area contributed by atoms with Gasteiger partial charge in [-0.1, -0.05) is 0 Å². The molecule has 1 aromatic rings. The normalized spacial score (nSPS) is 26.3. The van der Waals surface area contributed by atoms with Crippen LogP contribution in [0.15, 0.2) is 6.20 Å². The van der Waals surface area contributed by atoms with Crippen molar-refractivity contribution in [2.24, 2.45) is 5.41 Å². The molecule has 5 nitrogen and oxygen atoms in total. The molecule has 0 spiro atoms. The first kappa shape index (κ1) is 15.4. The number of alkyl halides is 2. The number of hydrogen-bond acceptors (Lipinski definition) is 4. The predicted molar refractivity (Wildman–Crippen MR) is 79.4 cm³/mol. The Balaban J connectivity index is 2.03. The van der Waals surface area contributed by atoms with Crippen LogP contribution in [0.3, 0.4) is 0 Å². The molecule has 0 bridgehead atoms. The zero-order chi connectivity index (χ0) is 16.1. The zero-order valence-electron chi connectivity index (χ0n) is 12.4. The average Bonchev–Trinajstić information content (AvgIpc) is 2.73. The van der Waals surface area contributed by atoms with E-state index in [0.29, 0.717) is 24.5 Å². The van der Waals surface area contributed by atoms with E-state index in [4.69, 9.17) is 11.6 Å². The van der Waals surface area contributed by atoms with Gasteiger partial charge in [-0.3, -0.25) is 4.79 Å². The molecule has 1 fully saturated rings. The van der Waals surface area contributed by atoms with Gasteiger partial charge in [0, 0.05) is 25.4 Å². The van der Waals surface area contributed by atoms with Crippen LogP contribution in [0, 0.1) is 5.41 Å². The molecule has 8 heteroatoms. The number of fused-ring (bicyclic) bond motifs is 1. The van der Waals surface area contributed by atoms with Gasteiger partial charge in [0.2, 0.25) is 17.1 Å². The quantitative estimate of drug-likeness (QED) is 0.804. The van der Waals surface area contributed by atoms with Crippen LogP contribution in [0.1, 0.15) is 33.1 Å². The maximum Gasteiger partial charge on any atom is 0.250 e. The van der Waals surface area contributed by atoms with Gasteiger partial charge in [-0.25, -0.2) is 13.8 Å². The molecule has 1 aliphatic carbocycles. The first-order valence-corrected chi connectivity index (χ1v) is 7.54. The summed E-state index contributed by atoms with van der Waals surface area (Å²) in [6, 6.07) is -0.369. The summed E-state index contributed by atoms with van der Waals surface area (Å²) >= 11 is 5.86. The van der Waals surface area contributed by atoms with Crippen molar-refractivity contribution >= 4 is 29.0 Å². The van der Waals surface area contributed by atoms with Gasteiger partial charge in [0.1, 0.15) is 5.69 Å². The molecule has 1 saturated carbocycles. The molecule has 1 aliphatic heterocycles. The van der Waals surface area contributed by atoms with Crippen LogP contribution >= 0.6 is 11.6 Å². The van der Waals surface area contributed by atoms with E-state index in [-0.39, 0.29) is 30.1 Å². The summed E-state index contributed by atoms with van der Waals surface area (Å²) in [4.78, 5) is 22.1. The second-order valence-corrected chi connectivity index (χ2v) is 6.93. The van der Waals surface area contributed by atoms with E-state index >= 15 is 0 Å². The maximum atomic E-state index is 13.6. The van der Waals surface area contributed by atoms with Crippen LogP contribution in [-0.2, 0) is 4.79 Å². The Morgan fingerprint density at radius 1 is 1.45 bits per heavy atom. The Morgan fingerprint density at radius 2 is 2.18 bits per heavy atom. The number of aromatic nitrogens is 2. The predicted octanol–water partition coefficient (Wildman–Crippen LogP) is 3.10. The maximum absolute atomic E-state index is 13.6. The van der Waals surface area contributed by atoms with Gasteiger partial charge in [0.15, 0.2) is 5.82 Å². The number of amides is 1. The lowest BCUT2D eigenvalue weighted by atomic mass is 9.91. The van der Waals surface area contributed by atoms with Crippen molar-refractivity contribution in [2.45, 2.75) is 45.1 Å². The van der Waals surface area contributed by atoms with Gasteiger partial charge >= 0.3 is 0 Å². The fraction of sp³-hybridized carbons (Fsp3) is 0.643. The molecular formula is C14H17ClF2N4O. The lowest BCUT2D eigenvalue weighted by Gasteiger charge is -2.33. The van der Waals surface area contributed by atoms with Crippen molar-refractivity contribution < 1.29 is 13.6 Å². The van der Waals surface area contributed by atoms with Crippen molar-refractivity contribution in [3.05, 3.63) is 11.5 Å². The fourth-order valence-corrected chi connectivity index (χ4v) is 3.15. The number of hydrogen-bond donors (Lipinski definition) is 1. The summed E-state index contributed by atoms with van der Waals surface area (Å²) in [7, 11) is 0. The number of anilines is 2. The SMILES string of the molecule is CC1(C)CN(C2CCC(F)(F)C2)c2nc(Cl)ncc2NC1=O. The molecule has 0 radical (unpaired) electrons. The minimum absolute atomic E-state index is 0.0301. The largest absolute Gasteiger partial charge is 0.350 e. The molecular weight excluding hydrogens is 314 g/mol. The van der Waals surface area contributed by atoms with E-state index in [1.807, 2.05) is 0 Å². The third-order valence-corrected chi connectivity index (χ3v) is 4.44. The number of carbonyl (C=O) groups is 1. The van der Waals surface area contributed by atoms with Gasteiger partial charge in [0.05, 0.1) is 11.6 Å². The van der Waals surface area contributed by atoms with Crippen LogP contribution in [0.5, 0.6) is 0 Å². The molecule has 1 atom stereocenters. The highest BCUT2D eigenvalue weighted by molar-refractivity contribution is 6.28. The second-order valence-electron chi connectivity index (χ2n) is 6.59. The molecule has 22 heavy (non-hydrogen) atoms. The molecule has 1 amide bonds. The molecule has 1 unspecified atom stereocenters. The van der Waals surface area contributed by atoms with E-state index in [0.717, 1.165) is 0 Å². The Labute approximate surface area is 132 Å². The zero-order valence-corrected chi connectivity index (χ0v) is 13.1. The number of rotatable bonds is 1. The fourth-order valence-electron chi connectivity index (χ4n) is 3.02. The highest BCUT2D eigenvalue weighted by atomic mass is 35.5.